The van der Waals surface area contributed by atoms with E-state index in [4.69, 9.17) is 5.73 Å². The number of carbonyl (C=O) groups is 1. The van der Waals surface area contributed by atoms with Crippen LogP contribution in [0.15, 0.2) is 0 Å². The fourth-order valence-corrected chi connectivity index (χ4v) is 2.20. The minimum absolute atomic E-state index is 0.0770. The van der Waals surface area contributed by atoms with E-state index in [1.165, 1.54) is 11.3 Å². The largest absolute Gasteiger partial charge is 0.382 e. The van der Waals surface area contributed by atoms with E-state index in [1.807, 2.05) is 27.7 Å². The lowest BCUT2D eigenvalue weighted by Crippen LogP contribution is -2.32. The fraction of sp³-hybridized carbons (Fsp3) is 0.636. The van der Waals surface area contributed by atoms with Gasteiger partial charge in [-0.15, -0.1) is 0 Å². The average Bonchev–Trinajstić information content (AvgIpc) is 2.56. The minimum Gasteiger partial charge on any atom is -0.382 e. The molecule has 5 nitrogen and oxygen atoms in total. The van der Waals surface area contributed by atoms with Crippen LogP contribution in [0.4, 0.5) is 10.9 Å². The number of nitrogens with one attached hydrogen (secondary N) is 1. The molecule has 0 aliphatic carbocycles. The van der Waals surface area contributed by atoms with Gasteiger partial charge in [0.25, 0.3) is 5.91 Å². The number of anilines is 2. The lowest BCUT2D eigenvalue weighted by atomic mass is 10.3. The van der Waals surface area contributed by atoms with E-state index in [2.05, 4.69) is 10.3 Å². The number of nitrogens with two attached hydrogens (primary N) is 1. The Balaban J connectivity index is 2.91. The van der Waals surface area contributed by atoms with Gasteiger partial charge in [0.05, 0.1) is 0 Å². The van der Waals surface area contributed by atoms with E-state index in [0.717, 1.165) is 0 Å². The van der Waals surface area contributed by atoms with Crippen LogP contribution in [0, 0.1) is 0 Å². The molecule has 0 fully saturated rings. The van der Waals surface area contributed by atoms with Gasteiger partial charge < -0.3 is 16.0 Å². The number of hydrogen-bond donors (Lipinski definition) is 2. The molecule has 17 heavy (non-hydrogen) atoms. The van der Waals surface area contributed by atoms with Crippen LogP contribution in [-0.2, 0) is 0 Å². The van der Waals surface area contributed by atoms with E-state index >= 15 is 0 Å². The molecule has 96 valence electrons. The first-order valence-corrected chi connectivity index (χ1v) is 6.44. The van der Waals surface area contributed by atoms with Crippen LogP contribution >= 0.6 is 11.3 Å². The van der Waals surface area contributed by atoms with E-state index in [9.17, 15) is 4.79 Å². The maximum Gasteiger partial charge on any atom is 0.267 e. The average molecular weight is 256 g/mol. The molecular formula is C11H20N4OS. The van der Waals surface area contributed by atoms with Crippen molar-refractivity contribution in [1.29, 1.82) is 0 Å². The lowest BCUT2D eigenvalue weighted by molar-refractivity contribution is 0.0760. The maximum atomic E-state index is 12.1. The minimum atomic E-state index is -0.0770. The highest BCUT2D eigenvalue weighted by atomic mass is 32.1. The molecular weight excluding hydrogens is 236 g/mol. The standard InChI is InChI=1S/C11H20N4OS/c1-6(2)13-11-14-9(12)8(17-11)10(16)15(5)7(3)4/h6-7H,12H2,1-5H3,(H,13,14). The topological polar surface area (TPSA) is 71.2 Å². The van der Waals surface area contributed by atoms with Crippen molar-refractivity contribution in [3.8, 4) is 0 Å². The molecule has 3 N–H and O–H groups in total. The van der Waals surface area contributed by atoms with Crippen LogP contribution in [0.2, 0.25) is 0 Å². The van der Waals surface area contributed by atoms with E-state index in [1.54, 1.807) is 11.9 Å². The summed E-state index contributed by atoms with van der Waals surface area (Å²) in [5.74, 6) is 0.224. The van der Waals surface area contributed by atoms with Crippen LogP contribution in [0.3, 0.4) is 0 Å². The number of thiazole rings is 1. The van der Waals surface area contributed by atoms with Crippen LogP contribution < -0.4 is 11.1 Å². The van der Waals surface area contributed by atoms with Gasteiger partial charge in [-0.05, 0) is 27.7 Å². The molecule has 6 heteroatoms. The Morgan fingerprint density at radius 3 is 2.47 bits per heavy atom. The zero-order chi connectivity index (χ0) is 13.2. The first-order chi connectivity index (χ1) is 7.82. The van der Waals surface area contributed by atoms with Crippen molar-refractivity contribution >= 4 is 28.2 Å². The number of aromatic nitrogens is 1. The smallest absolute Gasteiger partial charge is 0.267 e. The monoisotopic (exact) mass is 256 g/mol. The first-order valence-electron chi connectivity index (χ1n) is 5.63. The highest BCUT2D eigenvalue weighted by Crippen LogP contribution is 2.26. The first kappa shape index (κ1) is 13.8. The zero-order valence-electron chi connectivity index (χ0n) is 10.9. The predicted octanol–water partition coefficient (Wildman–Crippen LogP) is 2.03. The van der Waals surface area contributed by atoms with Crippen molar-refractivity contribution in [3.05, 3.63) is 4.88 Å². The molecule has 0 bridgehead atoms. The van der Waals surface area contributed by atoms with Crippen molar-refractivity contribution in [2.24, 2.45) is 0 Å². The van der Waals surface area contributed by atoms with Gasteiger partial charge in [-0.3, -0.25) is 4.79 Å². The molecule has 1 heterocycles. The summed E-state index contributed by atoms with van der Waals surface area (Å²) in [6, 6.07) is 0.414. The Morgan fingerprint density at radius 2 is 2.00 bits per heavy atom. The van der Waals surface area contributed by atoms with E-state index < -0.39 is 0 Å². The van der Waals surface area contributed by atoms with Crippen LogP contribution in [0.1, 0.15) is 37.4 Å². The molecule has 0 aliphatic rings. The van der Waals surface area contributed by atoms with Gasteiger partial charge >= 0.3 is 0 Å². The third kappa shape index (κ3) is 3.33. The molecule has 0 radical (unpaired) electrons. The van der Waals surface area contributed by atoms with Crippen molar-refractivity contribution in [3.63, 3.8) is 0 Å². The summed E-state index contributed by atoms with van der Waals surface area (Å²) in [4.78, 5) is 18.4. The third-order valence-corrected chi connectivity index (χ3v) is 3.35. The molecule has 0 saturated heterocycles. The zero-order valence-corrected chi connectivity index (χ0v) is 11.8. The number of rotatable bonds is 4. The van der Waals surface area contributed by atoms with E-state index in [0.29, 0.717) is 15.8 Å². The molecule has 0 atom stereocenters. The Hall–Kier alpha value is -1.30. The predicted molar refractivity (Wildman–Crippen MR) is 72.5 cm³/mol. The second-order valence-corrected chi connectivity index (χ2v) is 5.54. The summed E-state index contributed by atoms with van der Waals surface area (Å²) in [7, 11) is 1.77. The quantitative estimate of drug-likeness (QED) is 0.864. The Morgan fingerprint density at radius 1 is 1.41 bits per heavy atom. The Labute approximate surface area is 106 Å². The molecule has 0 aromatic carbocycles. The highest BCUT2D eigenvalue weighted by Gasteiger charge is 2.21. The van der Waals surface area contributed by atoms with E-state index in [-0.39, 0.29) is 18.0 Å². The van der Waals surface area contributed by atoms with Gasteiger partial charge in [0.1, 0.15) is 10.7 Å². The number of nitrogen functional groups attached to an aromatic ring is 1. The number of hydrogen-bond acceptors (Lipinski definition) is 5. The summed E-state index contributed by atoms with van der Waals surface area (Å²) in [6.45, 7) is 7.95. The molecule has 1 aromatic heterocycles. The SMILES string of the molecule is CC(C)Nc1nc(N)c(C(=O)N(C)C(C)C)s1. The highest BCUT2D eigenvalue weighted by molar-refractivity contribution is 7.18. The molecule has 0 spiro atoms. The molecule has 1 aromatic rings. The third-order valence-electron chi connectivity index (χ3n) is 2.35. The molecule has 1 amide bonds. The summed E-state index contributed by atoms with van der Waals surface area (Å²) >= 11 is 1.30. The van der Waals surface area contributed by atoms with Crippen molar-refractivity contribution < 1.29 is 4.79 Å². The molecule has 0 aliphatic heterocycles. The lowest BCUT2D eigenvalue weighted by Gasteiger charge is -2.20. The van der Waals surface area contributed by atoms with Gasteiger partial charge in [-0.2, -0.15) is 0 Å². The van der Waals surface area contributed by atoms with Crippen LogP contribution in [0.5, 0.6) is 0 Å². The Kier molecular flexibility index (Phi) is 4.34. The number of carbonyl (C=O) groups excluding carboxylic acids is 1. The molecule has 0 unspecified atom stereocenters. The second kappa shape index (κ2) is 5.35. The van der Waals surface area contributed by atoms with Crippen LogP contribution in [0.25, 0.3) is 0 Å². The summed E-state index contributed by atoms with van der Waals surface area (Å²) < 4.78 is 0. The Bertz CT molecular complexity index is 400. The van der Waals surface area contributed by atoms with Crippen molar-refractivity contribution in [2.75, 3.05) is 18.1 Å². The van der Waals surface area contributed by atoms with Gasteiger partial charge in [0, 0.05) is 19.1 Å². The van der Waals surface area contributed by atoms with Gasteiger partial charge in [0.2, 0.25) is 0 Å². The van der Waals surface area contributed by atoms with Gasteiger partial charge in [-0.25, -0.2) is 4.98 Å². The van der Waals surface area contributed by atoms with Crippen molar-refractivity contribution in [1.82, 2.24) is 9.88 Å². The summed E-state index contributed by atoms with van der Waals surface area (Å²) in [5, 5.41) is 3.84. The normalized spacial score (nSPS) is 11.0. The van der Waals surface area contributed by atoms with Crippen molar-refractivity contribution in [2.45, 2.75) is 39.8 Å². The number of nitrogens with zero attached hydrogens (tertiary/aromatic N) is 2. The number of amides is 1. The fourth-order valence-electron chi connectivity index (χ4n) is 1.19. The molecule has 1 rings (SSSR count). The molecule has 0 saturated carbocycles. The maximum absolute atomic E-state index is 12.1. The summed E-state index contributed by atoms with van der Waals surface area (Å²) in [5.41, 5.74) is 5.77. The summed E-state index contributed by atoms with van der Waals surface area (Å²) in [6.07, 6.45) is 0. The van der Waals surface area contributed by atoms with Gasteiger partial charge in [-0.1, -0.05) is 11.3 Å². The van der Waals surface area contributed by atoms with Crippen LogP contribution in [-0.4, -0.2) is 34.9 Å². The second-order valence-electron chi connectivity index (χ2n) is 4.54. The van der Waals surface area contributed by atoms with Gasteiger partial charge in [0.15, 0.2) is 5.13 Å².